The van der Waals surface area contributed by atoms with Crippen molar-refractivity contribution in [2.24, 2.45) is 10.4 Å². The monoisotopic (exact) mass is 195 g/mol. The van der Waals surface area contributed by atoms with Crippen LogP contribution in [0.3, 0.4) is 0 Å². The summed E-state index contributed by atoms with van der Waals surface area (Å²) in [4.78, 5) is 4.71. The zero-order valence-corrected chi connectivity index (χ0v) is 9.60. The molecule has 0 radical (unpaired) electrons. The molecule has 0 atom stereocenters. The average molecular weight is 195 g/mol. The highest BCUT2D eigenvalue weighted by Crippen LogP contribution is 2.40. The summed E-state index contributed by atoms with van der Waals surface area (Å²) in [5, 5.41) is 0. The van der Waals surface area contributed by atoms with Gasteiger partial charge in [-0.3, -0.25) is 0 Å². The van der Waals surface area contributed by atoms with E-state index in [4.69, 9.17) is 9.73 Å². The molecular formula is C12H21NO. The zero-order valence-electron chi connectivity index (χ0n) is 9.60. The van der Waals surface area contributed by atoms with E-state index in [-0.39, 0.29) is 11.0 Å². The molecule has 1 aliphatic carbocycles. The summed E-state index contributed by atoms with van der Waals surface area (Å²) in [6.07, 6.45) is 6.55. The maximum Gasteiger partial charge on any atom is 0.190 e. The summed E-state index contributed by atoms with van der Waals surface area (Å²) in [5.74, 6) is 1.03. The second-order valence-corrected chi connectivity index (χ2v) is 5.64. The maximum absolute atomic E-state index is 5.76. The molecule has 2 rings (SSSR count). The summed E-state index contributed by atoms with van der Waals surface area (Å²) in [5.41, 5.74) is 0.252. The largest absolute Gasteiger partial charge is 0.478 e. The summed E-state index contributed by atoms with van der Waals surface area (Å²) in [6.45, 7) is 7.36. The average Bonchev–Trinajstić information content (AvgIpc) is 2.48. The lowest BCUT2D eigenvalue weighted by atomic mass is 9.75. The van der Waals surface area contributed by atoms with Gasteiger partial charge < -0.3 is 4.74 Å². The van der Waals surface area contributed by atoms with Crippen molar-refractivity contribution in [2.45, 2.75) is 58.4 Å². The van der Waals surface area contributed by atoms with E-state index >= 15 is 0 Å². The number of aliphatic imine (C=N–C) groups is 1. The van der Waals surface area contributed by atoms with Crippen molar-refractivity contribution in [3.63, 3.8) is 0 Å². The van der Waals surface area contributed by atoms with Crippen LogP contribution in [0.4, 0.5) is 0 Å². The van der Waals surface area contributed by atoms with Crippen molar-refractivity contribution in [1.29, 1.82) is 0 Å². The van der Waals surface area contributed by atoms with Gasteiger partial charge in [0.15, 0.2) is 5.90 Å². The lowest BCUT2D eigenvalue weighted by Gasteiger charge is -2.32. The van der Waals surface area contributed by atoms with Crippen molar-refractivity contribution in [3.8, 4) is 0 Å². The lowest BCUT2D eigenvalue weighted by molar-refractivity contribution is 0.215. The van der Waals surface area contributed by atoms with Crippen LogP contribution >= 0.6 is 0 Å². The molecule has 0 N–H and O–H groups in total. The Bertz CT molecular complexity index is 249. The van der Waals surface area contributed by atoms with E-state index in [0.717, 1.165) is 12.5 Å². The van der Waals surface area contributed by atoms with Gasteiger partial charge in [0, 0.05) is 5.41 Å². The molecule has 2 aliphatic rings. The van der Waals surface area contributed by atoms with Gasteiger partial charge >= 0.3 is 0 Å². The number of hydrogen-bond donors (Lipinski definition) is 0. The van der Waals surface area contributed by atoms with Crippen LogP contribution in [0.15, 0.2) is 4.99 Å². The van der Waals surface area contributed by atoms with Crippen LogP contribution < -0.4 is 0 Å². The van der Waals surface area contributed by atoms with Gasteiger partial charge in [0.05, 0.1) is 5.54 Å². The molecule has 0 bridgehead atoms. The molecule has 0 aromatic carbocycles. The second kappa shape index (κ2) is 3.25. The van der Waals surface area contributed by atoms with Gasteiger partial charge in [-0.15, -0.1) is 0 Å². The molecule has 0 amide bonds. The molecule has 0 unspecified atom stereocenters. The van der Waals surface area contributed by atoms with E-state index in [2.05, 4.69) is 20.8 Å². The Morgan fingerprint density at radius 3 is 2.21 bits per heavy atom. The molecule has 80 valence electrons. The Labute approximate surface area is 86.8 Å². The normalized spacial score (nSPS) is 29.5. The molecule has 0 spiro atoms. The number of hydrogen-bond acceptors (Lipinski definition) is 2. The molecule has 0 aromatic rings. The second-order valence-electron chi connectivity index (χ2n) is 5.64. The SMILES string of the molecule is CC1(C)COC(C2(C)CCCCC2)=N1. The van der Waals surface area contributed by atoms with Crippen molar-refractivity contribution in [3.05, 3.63) is 0 Å². The van der Waals surface area contributed by atoms with Crippen LogP contribution in [0.2, 0.25) is 0 Å². The first-order valence-electron chi connectivity index (χ1n) is 5.75. The lowest BCUT2D eigenvalue weighted by Crippen LogP contribution is -2.30. The Hall–Kier alpha value is -0.530. The first-order chi connectivity index (χ1) is 6.52. The van der Waals surface area contributed by atoms with E-state index in [1.54, 1.807) is 0 Å². The third kappa shape index (κ3) is 1.79. The van der Waals surface area contributed by atoms with Crippen LogP contribution in [0.5, 0.6) is 0 Å². The van der Waals surface area contributed by atoms with Gasteiger partial charge in [-0.05, 0) is 26.7 Å². The van der Waals surface area contributed by atoms with E-state index in [1.807, 2.05) is 0 Å². The number of ether oxygens (including phenoxy) is 1. The molecule has 1 saturated carbocycles. The molecule has 14 heavy (non-hydrogen) atoms. The third-order valence-electron chi connectivity index (χ3n) is 3.44. The van der Waals surface area contributed by atoms with Gasteiger partial charge in [-0.2, -0.15) is 0 Å². The molecule has 2 heteroatoms. The minimum absolute atomic E-state index is 0.00971. The van der Waals surface area contributed by atoms with Crippen molar-refractivity contribution in [1.82, 2.24) is 0 Å². The van der Waals surface area contributed by atoms with E-state index in [1.165, 1.54) is 32.1 Å². The highest BCUT2D eigenvalue weighted by Gasteiger charge is 2.39. The quantitative estimate of drug-likeness (QED) is 0.629. The Kier molecular flexibility index (Phi) is 2.32. The first-order valence-corrected chi connectivity index (χ1v) is 5.75. The smallest absolute Gasteiger partial charge is 0.190 e. The molecule has 1 aliphatic heterocycles. The zero-order chi connectivity index (χ0) is 10.2. The standard InChI is InChI=1S/C12H21NO/c1-11(2)9-14-10(13-11)12(3)7-5-4-6-8-12/h4-9H2,1-3H3. The van der Waals surface area contributed by atoms with Crippen LogP contribution in [0.1, 0.15) is 52.9 Å². The predicted octanol–water partition coefficient (Wildman–Crippen LogP) is 3.16. The molecular weight excluding hydrogens is 174 g/mol. The van der Waals surface area contributed by atoms with Crippen molar-refractivity contribution >= 4 is 5.90 Å². The van der Waals surface area contributed by atoms with Crippen LogP contribution in [-0.4, -0.2) is 18.0 Å². The summed E-state index contributed by atoms with van der Waals surface area (Å²) in [7, 11) is 0. The van der Waals surface area contributed by atoms with Gasteiger partial charge in [-0.25, -0.2) is 4.99 Å². The Morgan fingerprint density at radius 1 is 1.07 bits per heavy atom. The van der Waals surface area contributed by atoms with Gasteiger partial charge in [0.1, 0.15) is 6.61 Å². The number of nitrogens with zero attached hydrogens (tertiary/aromatic N) is 1. The van der Waals surface area contributed by atoms with E-state index in [9.17, 15) is 0 Å². The summed E-state index contributed by atoms with van der Waals surface area (Å²) >= 11 is 0. The van der Waals surface area contributed by atoms with Gasteiger partial charge in [0.2, 0.25) is 0 Å². The van der Waals surface area contributed by atoms with Crippen LogP contribution in [0.25, 0.3) is 0 Å². The molecule has 1 fully saturated rings. The minimum atomic E-state index is 0.00971. The maximum atomic E-state index is 5.76. The van der Waals surface area contributed by atoms with E-state index in [0.29, 0.717) is 0 Å². The topological polar surface area (TPSA) is 21.6 Å². The van der Waals surface area contributed by atoms with E-state index < -0.39 is 0 Å². The predicted molar refractivity (Wildman–Crippen MR) is 58.7 cm³/mol. The fourth-order valence-corrected chi connectivity index (χ4v) is 2.44. The summed E-state index contributed by atoms with van der Waals surface area (Å²) < 4.78 is 5.76. The van der Waals surface area contributed by atoms with Crippen LogP contribution in [-0.2, 0) is 4.74 Å². The highest BCUT2D eigenvalue weighted by atomic mass is 16.5. The highest BCUT2D eigenvalue weighted by molar-refractivity contribution is 5.84. The minimum Gasteiger partial charge on any atom is -0.478 e. The molecule has 1 heterocycles. The molecule has 0 aromatic heterocycles. The molecule has 2 nitrogen and oxygen atoms in total. The first kappa shape index (κ1) is 10.0. The van der Waals surface area contributed by atoms with Crippen molar-refractivity contribution in [2.75, 3.05) is 6.61 Å². The number of rotatable bonds is 1. The van der Waals surface area contributed by atoms with Crippen LogP contribution in [0, 0.1) is 5.41 Å². The fourth-order valence-electron chi connectivity index (χ4n) is 2.44. The molecule has 0 saturated heterocycles. The Balaban J connectivity index is 2.14. The third-order valence-corrected chi connectivity index (χ3v) is 3.44. The Morgan fingerprint density at radius 2 is 1.71 bits per heavy atom. The van der Waals surface area contributed by atoms with Gasteiger partial charge in [-0.1, -0.05) is 26.2 Å². The van der Waals surface area contributed by atoms with Gasteiger partial charge in [0.25, 0.3) is 0 Å². The van der Waals surface area contributed by atoms with Crippen molar-refractivity contribution < 1.29 is 4.74 Å². The fraction of sp³-hybridized carbons (Fsp3) is 0.917. The summed E-state index contributed by atoms with van der Waals surface area (Å²) in [6, 6.07) is 0.